The minimum Gasteiger partial charge on any atom is -0.319 e. The standard InChI is InChI=1S/C6H6ClF2NS.ClH/c7-4-2-1-3(11-4)5(10)6(8)9;/h1-2,5-6H,10H2;1H/t5-;/m1./s1. The number of hydrogen-bond donors (Lipinski definition) is 1. The van der Waals surface area contributed by atoms with Crippen LogP contribution in [0.1, 0.15) is 10.9 Å². The number of halogens is 4. The van der Waals surface area contributed by atoms with Crippen LogP contribution < -0.4 is 5.73 Å². The predicted molar refractivity (Wildman–Crippen MR) is 49.5 cm³/mol. The summed E-state index contributed by atoms with van der Waals surface area (Å²) < 4.78 is 24.4. The number of alkyl halides is 2. The van der Waals surface area contributed by atoms with E-state index in [4.69, 9.17) is 17.3 Å². The molecule has 1 rings (SSSR count). The summed E-state index contributed by atoms with van der Waals surface area (Å²) in [5, 5.41) is 0. The molecule has 1 nitrogen and oxygen atoms in total. The van der Waals surface area contributed by atoms with E-state index in [0.29, 0.717) is 9.21 Å². The molecule has 0 spiro atoms. The fourth-order valence-corrected chi connectivity index (χ4v) is 1.70. The first kappa shape index (κ1) is 12.1. The molecule has 0 aromatic carbocycles. The molecule has 1 heterocycles. The van der Waals surface area contributed by atoms with Crippen molar-refractivity contribution in [2.75, 3.05) is 0 Å². The minimum atomic E-state index is -2.52. The molecule has 0 aliphatic rings. The zero-order valence-corrected chi connectivity index (χ0v) is 8.23. The van der Waals surface area contributed by atoms with Crippen LogP contribution in [0, 0.1) is 0 Å². The van der Waals surface area contributed by atoms with E-state index in [1.165, 1.54) is 6.07 Å². The van der Waals surface area contributed by atoms with Gasteiger partial charge in [0.05, 0.1) is 4.34 Å². The Kier molecular flexibility index (Phi) is 5.01. The molecule has 12 heavy (non-hydrogen) atoms. The van der Waals surface area contributed by atoms with Crippen LogP contribution in [0.15, 0.2) is 12.1 Å². The number of rotatable bonds is 2. The van der Waals surface area contributed by atoms with Crippen molar-refractivity contribution in [3.8, 4) is 0 Å². The zero-order valence-electron chi connectivity index (χ0n) is 5.84. The van der Waals surface area contributed by atoms with E-state index in [-0.39, 0.29) is 12.4 Å². The van der Waals surface area contributed by atoms with Crippen LogP contribution in [-0.2, 0) is 0 Å². The van der Waals surface area contributed by atoms with E-state index >= 15 is 0 Å². The lowest BCUT2D eigenvalue weighted by atomic mass is 10.3. The van der Waals surface area contributed by atoms with Gasteiger partial charge < -0.3 is 5.73 Å². The lowest BCUT2D eigenvalue weighted by Gasteiger charge is -2.05. The Morgan fingerprint density at radius 1 is 1.42 bits per heavy atom. The predicted octanol–water partition coefficient (Wildman–Crippen LogP) is 3.09. The summed E-state index contributed by atoms with van der Waals surface area (Å²) in [6, 6.07) is 1.88. The molecule has 0 saturated carbocycles. The third-order valence-electron chi connectivity index (χ3n) is 1.19. The Balaban J connectivity index is 0.00000121. The van der Waals surface area contributed by atoms with Gasteiger partial charge in [-0.3, -0.25) is 0 Å². The fourth-order valence-electron chi connectivity index (χ4n) is 0.632. The van der Waals surface area contributed by atoms with Gasteiger partial charge in [0.15, 0.2) is 0 Å². The average molecular weight is 234 g/mol. The maximum Gasteiger partial charge on any atom is 0.258 e. The first-order valence-corrected chi connectivity index (χ1v) is 4.09. The Morgan fingerprint density at radius 2 is 2.00 bits per heavy atom. The van der Waals surface area contributed by atoms with E-state index < -0.39 is 12.5 Å². The van der Waals surface area contributed by atoms with Crippen molar-refractivity contribution in [1.82, 2.24) is 0 Å². The van der Waals surface area contributed by atoms with Gasteiger partial charge in [-0.1, -0.05) is 11.6 Å². The summed E-state index contributed by atoms with van der Waals surface area (Å²) in [6.45, 7) is 0. The summed E-state index contributed by atoms with van der Waals surface area (Å²) in [6.07, 6.45) is -2.52. The van der Waals surface area contributed by atoms with Crippen molar-refractivity contribution in [2.24, 2.45) is 5.73 Å². The largest absolute Gasteiger partial charge is 0.319 e. The smallest absolute Gasteiger partial charge is 0.258 e. The van der Waals surface area contributed by atoms with Crippen molar-refractivity contribution in [3.05, 3.63) is 21.3 Å². The SMILES string of the molecule is Cl.N[C@H](c1ccc(Cl)s1)C(F)F. The van der Waals surface area contributed by atoms with Crippen LogP contribution in [0.4, 0.5) is 8.78 Å². The van der Waals surface area contributed by atoms with Gasteiger partial charge in [0.2, 0.25) is 0 Å². The summed E-state index contributed by atoms with van der Waals surface area (Å²) in [5.41, 5.74) is 5.15. The molecule has 2 N–H and O–H groups in total. The molecule has 0 saturated heterocycles. The van der Waals surface area contributed by atoms with Gasteiger partial charge >= 0.3 is 0 Å². The molecule has 70 valence electrons. The van der Waals surface area contributed by atoms with Crippen LogP contribution in [0.2, 0.25) is 4.34 Å². The van der Waals surface area contributed by atoms with Crippen LogP contribution >= 0.6 is 35.3 Å². The normalized spacial score (nSPS) is 12.8. The van der Waals surface area contributed by atoms with Crippen LogP contribution in [0.5, 0.6) is 0 Å². The maximum atomic E-state index is 12.0. The Labute approximate surface area is 83.9 Å². The van der Waals surface area contributed by atoms with Gasteiger partial charge in [-0.2, -0.15) is 0 Å². The summed E-state index contributed by atoms with van der Waals surface area (Å²) in [5.74, 6) is 0. The molecule has 1 atom stereocenters. The number of hydrogen-bond acceptors (Lipinski definition) is 2. The monoisotopic (exact) mass is 233 g/mol. The lowest BCUT2D eigenvalue weighted by molar-refractivity contribution is 0.118. The van der Waals surface area contributed by atoms with Gasteiger partial charge in [0.25, 0.3) is 6.43 Å². The number of thiophene rings is 1. The van der Waals surface area contributed by atoms with Crippen LogP contribution in [-0.4, -0.2) is 6.43 Å². The van der Waals surface area contributed by atoms with Gasteiger partial charge in [-0.05, 0) is 12.1 Å². The van der Waals surface area contributed by atoms with E-state index in [9.17, 15) is 8.78 Å². The van der Waals surface area contributed by atoms with Crippen molar-refractivity contribution in [3.63, 3.8) is 0 Å². The second-order valence-corrected chi connectivity index (χ2v) is 3.75. The van der Waals surface area contributed by atoms with Crippen molar-refractivity contribution >= 4 is 35.3 Å². The molecule has 1 aromatic heterocycles. The third-order valence-corrected chi connectivity index (χ3v) is 2.53. The van der Waals surface area contributed by atoms with Crippen molar-refractivity contribution in [1.29, 1.82) is 0 Å². The average Bonchev–Trinajstić information content (AvgIpc) is 2.34. The van der Waals surface area contributed by atoms with Crippen molar-refractivity contribution in [2.45, 2.75) is 12.5 Å². The molecular formula is C6H7Cl2F2NS. The van der Waals surface area contributed by atoms with E-state index in [1.54, 1.807) is 6.07 Å². The second-order valence-electron chi connectivity index (χ2n) is 2.00. The van der Waals surface area contributed by atoms with Crippen LogP contribution in [0.25, 0.3) is 0 Å². The highest BCUT2D eigenvalue weighted by Gasteiger charge is 2.18. The molecule has 0 aliphatic carbocycles. The zero-order chi connectivity index (χ0) is 8.43. The second kappa shape index (κ2) is 4.97. The summed E-state index contributed by atoms with van der Waals surface area (Å²) >= 11 is 6.61. The van der Waals surface area contributed by atoms with Crippen molar-refractivity contribution < 1.29 is 8.78 Å². The first-order chi connectivity index (χ1) is 5.11. The molecule has 0 fully saturated rings. The topological polar surface area (TPSA) is 26.0 Å². The first-order valence-electron chi connectivity index (χ1n) is 2.90. The highest BCUT2D eigenvalue weighted by atomic mass is 35.5. The number of nitrogens with two attached hydrogens (primary N) is 1. The van der Waals surface area contributed by atoms with Crippen LogP contribution in [0.3, 0.4) is 0 Å². The van der Waals surface area contributed by atoms with E-state index in [2.05, 4.69) is 0 Å². The summed E-state index contributed by atoms with van der Waals surface area (Å²) in [7, 11) is 0. The quantitative estimate of drug-likeness (QED) is 0.835. The van der Waals surface area contributed by atoms with Gasteiger partial charge in [-0.15, -0.1) is 23.7 Å². The molecule has 1 aromatic rings. The Morgan fingerprint density at radius 3 is 2.33 bits per heavy atom. The maximum absolute atomic E-state index is 12.0. The van der Waals surface area contributed by atoms with E-state index in [0.717, 1.165) is 11.3 Å². The molecule has 0 amide bonds. The fraction of sp³-hybridized carbons (Fsp3) is 0.333. The lowest BCUT2D eigenvalue weighted by Crippen LogP contribution is -2.17. The molecule has 6 heteroatoms. The summed E-state index contributed by atoms with van der Waals surface area (Å²) in [4.78, 5) is 0.421. The third kappa shape index (κ3) is 2.86. The van der Waals surface area contributed by atoms with E-state index in [1.807, 2.05) is 0 Å². The molecular weight excluding hydrogens is 227 g/mol. The molecule has 0 radical (unpaired) electrons. The highest BCUT2D eigenvalue weighted by molar-refractivity contribution is 7.16. The molecule has 0 unspecified atom stereocenters. The van der Waals surface area contributed by atoms with Gasteiger partial charge in [-0.25, -0.2) is 8.78 Å². The Hall–Kier alpha value is 0.1000. The molecule has 0 aliphatic heterocycles. The van der Waals surface area contributed by atoms with Gasteiger partial charge in [0, 0.05) is 4.88 Å². The highest BCUT2D eigenvalue weighted by Crippen LogP contribution is 2.28. The Bertz CT molecular complexity index is 241. The minimum absolute atomic E-state index is 0. The van der Waals surface area contributed by atoms with Gasteiger partial charge in [0.1, 0.15) is 6.04 Å². The molecule has 0 bridgehead atoms.